The molecule has 5 nitrogen and oxygen atoms in total. The van der Waals surface area contributed by atoms with Gasteiger partial charge in [-0.25, -0.2) is 4.68 Å². The normalized spacial score (nSPS) is 27.4. The molecule has 0 amide bonds. The molecule has 84 valence electrons. The van der Waals surface area contributed by atoms with Crippen molar-refractivity contribution in [3.63, 3.8) is 0 Å². The Hall–Kier alpha value is -0.940. The summed E-state index contributed by atoms with van der Waals surface area (Å²) in [6, 6.07) is 0. The van der Waals surface area contributed by atoms with Gasteiger partial charge in [-0.15, -0.1) is 5.10 Å². The van der Waals surface area contributed by atoms with E-state index in [4.69, 9.17) is 0 Å². The third-order valence-corrected chi connectivity index (χ3v) is 2.97. The van der Waals surface area contributed by atoms with Gasteiger partial charge >= 0.3 is 0 Å². The number of rotatable bonds is 3. The number of hydrogen-bond acceptors (Lipinski definition) is 4. The van der Waals surface area contributed by atoms with E-state index in [9.17, 15) is 5.11 Å². The zero-order chi connectivity index (χ0) is 10.9. The summed E-state index contributed by atoms with van der Waals surface area (Å²) in [5, 5.41) is 18.4. The Morgan fingerprint density at radius 1 is 1.60 bits per heavy atom. The average Bonchev–Trinajstić information content (AvgIpc) is 2.75. The van der Waals surface area contributed by atoms with Gasteiger partial charge in [0.15, 0.2) is 0 Å². The second-order valence-electron chi connectivity index (χ2n) is 4.36. The molecule has 2 rings (SSSR count). The van der Waals surface area contributed by atoms with E-state index in [1.54, 1.807) is 6.20 Å². The van der Waals surface area contributed by atoms with Crippen molar-refractivity contribution < 1.29 is 5.11 Å². The quantitative estimate of drug-likeness (QED) is 0.775. The summed E-state index contributed by atoms with van der Waals surface area (Å²) in [5.74, 6) is 0. The standard InChI is InChI=1S/C10H18N4O/c1-3-5-14-9(7-11-12-14)10(15)4-6-13(2)8-10/h7,15H,3-6,8H2,1-2H3. The predicted octanol–water partition coefficient (Wildman–Crippen LogP) is 0.211. The first-order valence-corrected chi connectivity index (χ1v) is 5.45. The zero-order valence-corrected chi connectivity index (χ0v) is 9.35. The monoisotopic (exact) mass is 210 g/mol. The molecule has 0 aromatic carbocycles. The van der Waals surface area contributed by atoms with Gasteiger partial charge in [0.05, 0.1) is 11.9 Å². The van der Waals surface area contributed by atoms with E-state index in [0.29, 0.717) is 6.54 Å². The Balaban J connectivity index is 2.24. The van der Waals surface area contributed by atoms with E-state index < -0.39 is 5.60 Å². The van der Waals surface area contributed by atoms with Crippen LogP contribution in [0.3, 0.4) is 0 Å². The highest BCUT2D eigenvalue weighted by Crippen LogP contribution is 2.30. The average molecular weight is 210 g/mol. The molecule has 5 heteroatoms. The predicted molar refractivity (Wildman–Crippen MR) is 56.3 cm³/mol. The lowest BCUT2D eigenvalue weighted by Crippen LogP contribution is -2.32. The van der Waals surface area contributed by atoms with Crippen LogP contribution < -0.4 is 0 Å². The Morgan fingerprint density at radius 3 is 3.00 bits per heavy atom. The highest BCUT2D eigenvalue weighted by atomic mass is 16.3. The van der Waals surface area contributed by atoms with Crippen molar-refractivity contribution in [2.45, 2.75) is 31.9 Å². The van der Waals surface area contributed by atoms with Crippen LogP contribution >= 0.6 is 0 Å². The van der Waals surface area contributed by atoms with Gasteiger partial charge in [0, 0.05) is 19.6 Å². The number of nitrogens with zero attached hydrogens (tertiary/aromatic N) is 4. The fraction of sp³-hybridized carbons (Fsp3) is 0.800. The number of aryl methyl sites for hydroxylation is 1. The van der Waals surface area contributed by atoms with Gasteiger partial charge < -0.3 is 10.0 Å². The number of hydrogen-bond donors (Lipinski definition) is 1. The van der Waals surface area contributed by atoms with Gasteiger partial charge in [-0.1, -0.05) is 12.1 Å². The summed E-state index contributed by atoms with van der Waals surface area (Å²) >= 11 is 0. The van der Waals surface area contributed by atoms with Gasteiger partial charge in [-0.05, 0) is 19.9 Å². The molecule has 1 saturated heterocycles. The maximum atomic E-state index is 10.5. The van der Waals surface area contributed by atoms with Crippen LogP contribution in [0.15, 0.2) is 6.20 Å². The maximum absolute atomic E-state index is 10.5. The third-order valence-electron chi connectivity index (χ3n) is 2.97. The van der Waals surface area contributed by atoms with E-state index in [1.807, 2.05) is 11.7 Å². The molecule has 0 spiro atoms. The fourth-order valence-corrected chi connectivity index (χ4v) is 2.18. The Kier molecular flexibility index (Phi) is 2.75. The molecule has 1 atom stereocenters. The lowest BCUT2D eigenvalue weighted by atomic mass is 9.99. The van der Waals surface area contributed by atoms with Crippen molar-refractivity contribution in [3.05, 3.63) is 11.9 Å². The largest absolute Gasteiger partial charge is 0.382 e. The number of β-amino-alcohol motifs (C(OH)–C–C–N with tert-alkyl or cyclic N) is 1. The van der Waals surface area contributed by atoms with Crippen LogP contribution in [0.1, 0.15) is 25.5 Å². The second kappa shape index (κ2) is 3.90. The summed E-state index contributed by atoms with van der Waals surface area (Å²) < 4.78 is 1.82. The second-order valence-corrected chi connectivity index (χ2v) is 4.36. The van der Waals surface area contributed by atoms with E-state index >= 15 is 0 Å². The molecule has 0 radical (unpaired) electrons. The minimum absolute atomic E-state index is 0.671. The smallest absolute Gasteiger partial charge is 0.122 e. The van der Waals surface area contributed by atoms with Crippen molar-refractivity contribution in [1.29, 1.82) is 0 Å². The SMILES string of the molecule is CCCn1nncc1C1(O)CCN(C)C1. The van der Waals surface area contributed by atoms with Crippen LogP contribution in [0.25, 0.3) is 0 Å². The molecule has 1 aliphatic heterocycles. The molecule has 0 bridgehead atoms. The molecular formula is C10H18N4O. The fourth-order valence-electron chi connectivity index (χ4n) is 2.18. The molecule has 1 unspecified atom stereocenters. The van der Waals surface area contributed by atoms with Crippen LogP contribution in [-0.2, 0) is 12.1 Å². The van der Waals surface area contributed by atoms with E-state index in [0.717, 1.165) is 31.6 Å². The molecule has 1 fully saturated rings. The van der Waals surface area contributed by atoms with Crippen molar-refractivity contribution in [2.75, 3.05) is 20.1 Å². The highest BCUT2D eigenvalue weighted by Gasteiger charge is 2.39. The summed E-state index contributed by atoms with van der Waals surface area (Å²) in [5.41, 5.74) is 0.0988. The van der Waals surface area contributed by atoms with Gasteiger partial charge in [-0.2, -0.15) is 0 Å². The minimum Gasteiger partial charge on any atom is -0.382 e. The van der Waals surface area contributed by atoms with Gasteiger partial charge in [0.1, 0.15) is 5.60 Å². The molecule has 0 aliphatic carbocycles. The minimum atomic E-state index is -0.757. The topological polar surface area (TPSA) is 54.2 Å². The number of aliphatic hydroxyl groups is 1. The van der Waals surface area contributed by atoms with Gasteiger partial charge in [-0.3, -0.25) is 0 Å². The van der Waals surface area contributed by atoms with Gasteiger partial charge in [0.25, 0.3) is 0 Å². The molecule has 1 aliphatic rings. The summed E-state index contributed by atoms with van der Waals surface area (Å²) in [7, 11) is 2.02. The molecular weight excluding hydrogens is 192 g/mol. The van der Waals surface area contributed by atoms with Crippen molar-refractivity contribution in [3.8, 4) is 0 Å². The molecule has 15 heavy (non-hydrogen) atoms. The van der Waals surface area contributed by atoms with E-state index in [2.05, 4.69) is 22.1 Å². The maximum Gasteiger partial charge on any atom is 0.122 e. The lowest BCUT2D eigenvalue weighted by molar-refractivity contribution is 0.0394. The number of likely N-dealkylation sites (N-methyl/N-ethyl adjacent to an activating group) is 1. The number of likely N-dealkylation sites (tertiary alicyclic amines) is 1. The van der Waals surface area contributed by atoms with Crippen molar-refractivity contribution >= 4 is 0 Å². The summed E-state index contributed by atoms with van der Waals surface area (Å²) in [6.07, 6.45) is 3.46. The van der Waals surface area contributed by atoms with Crippen molar-refractivity contribution in [2.24, 2.45) is 0 Å². The third kappa shape index (κ3) is 1.89. The van der Waals surface area contributed by atoms with E-state index in [-0.39, 0.29) is 0 Å². The summed E-state index contributed by atoms with van der Waals surface area (Å²) in [4.78, 5) is 2.13. The molecule has 2 heterocycles. The summed E-state index contributed by atoms with van der Waals surface area (Å²) in [6.45, 7) is 4.51. The number of aromatic nitrogens is 3. The Bertz CT molecular complexity index is 338. The first kappa shape index (κ1) is 10.6. The van der Waals surface area contributed by atoms with Crippen LogP contribution in [0, 0.1) is 0 Å². The lowest BCUT2D eigenvalue weighted by Gasteiger charge is -2.22. The Morgan fingerprint density at radius 2 is 2.40 bits per heavy atom. The van der Waals surface area contributed by atoms with Crippen LogP contribution in [0.4, 0.5) is 0 Å². The van der Waals surface area contributed by atoms with Crippen LogP contribution in [-0.4, -0.2) is 45.1 Å². The first-order chi connectivity index (χ1) is 7.15. The van der Waals surface area contributed by atoms with Gasteiger partial charge in [0.2, 0.25) is 0 Å². The van der Waals surface area contributed by atoms with Crippen molar-refractivity contribution in [1.82, 2.24) is 19.9 Å². The van der Waals surface area contributed by atoms with E-state index in [1.165, 1.54) is 0 Å². The van der Waals surface area contributed by atoms with Crippen LogP contribution in [0.2, 0.25) is 0 Å². The zero-order valence-electron chi connectivity index (χ0n) is 9.35. The van der Waals surface area contributed by atoms with Crippen LogP contribution in [0.5, 0.6) is 0 Å². The Labute approximate surface area is 89.7 Å². The molecule has 1 aromatic rings. The highest BCUT2D eigenvalue weighted by molar-refractivity contribution is 5.11. The molecule has 1 N–H and O–H groups in total. The molecule has 0 saturated carbocycles. The first-order valence-electron chi connectivity index (χ1n) is 5.45. The molecule has 1 aromatic heterocycles.